The number of anilines is 2. The Kier molecular flexibility index (Phi) is 4.38. The van der Waals surface area contributed by atoms with Crippen molar-refractivity contribution in [2.45, 2.75) is 26.0 Å². The lowest BCUT2D eigenvalue weighted by Crippen LogP contribution is -2.37. The highest BCUT2D eigenvalue weighted by molar-refractivity contribution is 6.24. The van der Waals surface area contributed by atoms with Crippen LogP contribution in [-0.2, 0) is 14.4 Å². The maximum Gasteiger partial charge on any atom is 0.266 e. The van der Waals surface area contributed by atoms with Crippen molar-refractivity contribution >= 4 is 34.1 Å². The van der Waals surface area contributed by atoms with Gasteiger partial charge in [0, 0.05) is 22.2 Å². The summed E-state index contributed by atoms with van der Waals surface area (Å²) in [5, 5.41) is 2.78. The summed E-state index contributed by atoms with van der Waals surface area (Å²) in [7, 11) is 0. The van der Waals surface area contributed by atoms with Gasteiger partial charge < -0.3 is 4.98 Å². The minimum Gasteiger partial charge on any atom is -0.358 e. The molecule has 6 nitrogen and oxygen atoms in total. The summed E-state index contributed by atoms with van der Waals surface area (Å²) in [6.45, 7) is 3.98. The molecule has 1 N–H and O–H groups in total. The highest BCUT2D eigenvalue weighted by atomic mass is 16.7. The number of carbonyl (C=O) groups excluding carboxylic acids is 2. The van der Waals surface area contributed by atoms with Crippen LogP contribution in [-0.4, -0.2) is 22.9 Å². The van der Waals surface area contributed by atoms with Crippen molar-refractivity contribution in [2.24, 2.45) is 5.92 Å². The highest BCUT2D eigenvalue weighted by Crippen LogP contribution is 2.49. The van der Waals surface area contributed by atoms with Gasteiger partial charge in [0.2, 0.25) is 5.91 Å². The zero-order chi connectivity index (χ0) is 22.7. The van der Waals surface area contributed by atoms with Crippen LogP contribution in [0.25, 0.3) is 10.9 Å². The third-order valence-corrected chi connectivity index (χ3v) is 6.66. The van der Waals surface area contributed by atoms with E-state index in [0.29, 0.717) is 5.69 Å². The van der Waals surface area contributed by atoms with Gasteiger partial charge in [-0.05, 0) is 44.2 Å². The third kappa shape index (κ3) is 2.91. The van der Waals surface area contributed by atoms with Gasteiger partial charge in [-0.25, -0.2) is 9.96 Å². The van der Waals surface area contributed by atoms with Gasteiger partial charge in [-0.1, -0.05) is 54.1 Å². The second kappa shape index (κ2) is 7.32. The van der Waals surface area contributed by atoms with Gasteiger partial charge in [-0.15, -0.1) is 0 Å². The third-order valence-electron chi connectivity index (χ3n) is 6.66. The summed E-state index contributed by atoms with van der Waals surface area (Å²) in [5.41, 5.74) is 5.39. The molecule has 2 amide bonds. The fraction of sp³-hybridized carbons (Fsp3) is 0.185. The molecule has 0 radical (unpaired) electrons. The van der Waals surface area contributed by atoms with Crippen LogP contribution >= 0.6 is 0 Å². The molecule has 3 aromatic carbocycles. The fourth-order valence-corrected chi connectivity index (χ4v) is 5.13. The standard InChI is InChI=1S/C27H23N3O3/c1-16-12-14-18(15-13-16)29-26(31)23-24(22-17(2)28-21-11-7-6-10-20(21)22)30(33-25(23)27(29)32)19-8-4-3-5-9-19/h3-15,23-25,28H,1-2H3/t23-,24-,25-/m0/s1. The first-order chi connectivity index (χ1) is 16.0. The number of para-hydroxylation sites is 2. The van der Waals surface area contributed by atoms with Gasteiger partial charge in [-0.3, -0.25) is 14.4 Å². The summed E-state index contributed by atoms with van der Waals surface area (Å²) < 4.78 is 0. The Bertz CT molecular complexity index is 1380. The predicted molar refractivity (Wildman–Crippen MR) is 127 cm³/mol. The first kappa shape index (κ1) is 19.8. The van der Waals surface area contributed by atoms with Gasteiger partial charge in [-0.2, -0.15) is 0 Å². The Hall–Kier alpha value is -3.90. The number of imide groups is 1. The monoisotopic (exact) mass is 437 g/mol. The molecule has 0 aliphatic carbocycles. The SMILES string of the molecule is Cc1ccc(N2C(=O)[C@@H]3[C@H](ON(c4ccccc4)[C@H]3c3c(C)[nH]c4ccccc34)C2=O)cc1. The summed E-state index contributed by atoms with van der Waals surface area (Å²) >= 11 is 0. The molecule has 1 aromatic heterocycles. The van der Waals surface area contributed by atoms with Crippen molar-refractivity contribution in [3.63, 3.8) is 0 Å². The van der Waals surface area contributed by atoms with E-state index < -0.39 is 18.1 Å². The molecular weight excluding hydrogens is 414 g/mol. The molecule has 33 heavy (non-hydrogen) atoms. The van der Waals surface area contributed by atoms with Crippen LogP contribution < -0.4 is 9.96 Å². The zero-order valence-electron chi connectivity index (χ0n) is 18.4. The Labute approximate surface area is 191 Å². The van der Waals surface area contributed by atoms with E-state index in [1.54, 1.807) is 5.06 Å². The van der Waals surface area contributed by atoms with Crippen molar-refractivity contribution in [3.8, 4) is 0 Å². The molecule has 2 fully saturated rings. The van der Waals surface area contributed by atoms with Gasteiger partial charge in [0.15, 0.2) is 6.10 Å². The molecule has 0 unspecified atom stereocenters. The molecule has 164 valence electrons. The number of rotatable bonds is 3. The van der Waals surface area contributed by atoms with Crippen molar-refractivity contribution in [3.05, 3.63) is 95.7 Å². The number of nitrogens with zero attached hydrogens (tertiary/aromatic N) is 2. The average molecular weight is 437 g/mol. The number of fused-ring (bicyclic) bond motifs is 2. The summed E-state index contributed by atoms with van der Waals surface area (Å²) in [5.74, 6) is -1.21. The van der Waals surface area contributed by atoms with E-state index in [4.69, 9.17) is 4.84 Å². The maximum atomic E-state index is 13.8. The number of aryl methyl sites for hydroxylation is 2. The molecule has 3 atom stereocenters. The van der Waals surface area contributed by atoms with E-state index in [1.807, 2.05) is 92.7 Å². The predicted octanol–water partition coefficient (Wildman–Crippen LogP) is 4.84. The lowest BCUT2D eigenvalue weighted by Gasteiger charge is -2.29. The van der Waals surface area contributed by atoms with Crippen LogP contribution in [0.4, 0.5) is 11.4 Å². The molecule has 0 saturated carbocycles. The molecule has 2 aliphatic heterocycles. The van der Waals surface area contributed by atoms with E-state index in [2.05, 4.69) is 4.98 Å². The Morgan fingerprint density at radius 1 is 0.788 bits per heavy atom. The van der Waals surface area contributed by atoms with Crippen molar-refractivity contribution in [1.82, 2.24) is 4.98 Å². The summed E-state index contributed by atoms with van der Waals surface area (Å²) in [6, 6.07) is 24.7. The number of hydrogen-bond acceptors (Lipinski definition) is 4. The maximum absolute atomic E-state index is 13.8. The minimum atomic E-state index is -0.878. The van der Waals surface area contributed by atoms with E-state index in [9.17, 15) is 9.59 Å². The molecule has 2 aliphatic rings. The van der Waals surface area contributed by atoms with Gasteiger partial charge in [0.1, 0.15) is 5.92 Å². The van der Waals surface area contributed by atoms with Crippen LogP contribution in [0, 0.1) is 19.8 Å². The largest absolute Gasteiger partial charge is 0.358 e. The summed E-state index contributed by atoms with van der Waals surface area (Å²) in [4.78, 5) is 38.3. The zero-order valence-corrected chi connectivity index (χ0v) is 18.4. The van der Waals surface area contributed by atoms with Crippen LogP contribution in [0.15, 0.2) is 78.9 Å². The number of nitrogens with one attached hydrogen (secondary N) is 1. The number of H-pyrrole nitrogens is 1. The Balaban J connectivity index is 1.51. The molecule has 6 rings (SSSR count). The number of hydroxylamine groups is 1. The molecule has 4 aromatic rings. The molecule has 0 bridgehead atoms. The first-order valence-corrected chi connectivity index (χ1v) is 11.1. The van der Waals surface area contributed by atoms with E-state index in [1.165, 1.54) is 4.90 Å². The van der Waals surface area contributed by atoms with Crippen molar-refractivity contribution in [2.75, 3.05) is 9.96 Å². The minimum absolute atomic E-state index is 0.234. The number of benzene rings is 3. The van der Waals surface area contributed by atoms with E-state index in [0.717, 1.165) is 33.4 Å². The van der Waals surface area contributed by atoms with Crippen LogP contribution in [0.5, 0.6) is 0 Å². The van der Waals surface area contributed by atoms with Crippen molar-refractivity contribution in [1.29, 1.82) is 0 Å². The lowest BCUT2D eigenvalue weighted by molar-refractivity contribution is -0.126. The highest BCUT2D eigenvalue weighted by Gasteiger charge is 2.60. The topological polar surface area (TPSA) is 65.6 Å². The van der Waals surface area contributed by atoms with E-state index >= 15 is 0 Å². The number of amides is 2. The molecular formula is C27H23N3O3. The van der Waals surface area contributed by atoms with Crippen LogP contribution in [0.3, 0.4) is 0 Å². The number of carbonyl (C=O) groups is 2. The number of hydrogen-bond donors (Lipinski definition) is 1. The molecule has 2 saturated heterocycles. The lowest BCUT2D eigenvalue weighted by atomic mass is 9.89. The van der Waals surface area contributed by atoms with E-state index in [-0.39, 0.29) is 11.8 Å². The quantitative estimate of drug-likeness (QED) is 0.466. The van der Waals surface area contributed by atoms with Gasteiger partial charge in [0.05, 0.1) is 17.4 Å². The molecule has 0 spiro atoms. The molecule has 3 heterocycles. The second-order valence-electron chi connectivity index (χ2n) is 8.71. The number of aromatic amines is 1. The normalized spacial score (nSPS) is 22.4. The fourth-order valence-electron chi connectivity index (χ4n) is 5.13. The second-order valence-corrected chi connectivity index (χ2v) is 8.71. The Morgan fingerprint density at radius 3 is 2.24 bits per heavy atom. The van der Waals surface area contributed by atoms with Crippen LogP contribution in [0.1, 0.15) is 22.9 Å². The number of aromatic nitrogens is 1. The van der Waals surface area contributed by atoms with Crippen LogP contribution in [0.2, 0.25) is 0 Å². The Morgan fingerprint density at radius 2 is 1.48 bits per heavy atom. The first-order valence-electron chi connectivity index (χ1n) is 11.1. The average Bonchev–Trinajstić information content (AvgIpc) is 3.44. The smallest absolute Gasteiger partial charge is 0.266 e. The van der Waals surface area contributed by atoms with Gasteiger partial charge in [0.25, 0.3) is 5.91 Å². The van der Waals surface area contributed by atoms with Gasteiger partial charge >= 0.3 is 0 Å². The van der Waals surface area contributed by atoms with Crippen molar-refractivity contribution < 1.29 is 14.4 Å². The molecule has 6 heteroatoms. The summed E-state index contributed by atoms with van der Waals surface area (Å²) in [6.07, 6.45) is -0.878.